The maximum absolute atomic E-state index is 2.61. The van der Waals surface area contributed by atoms with Gasteiger partial charge in [0, 0.05) is 32.2 Å². The van der Waals surface area contributed by atoms with E-state index in [1.54, 1.807) is 0 Å². The zero-order valence-corrected chi connectivity index (χ0v) is 11.6. The molecule has 1 rings (SSSR count). The average molecular weight is 227 g/mol. The van der Waals surface area contributed by atoms with Crippen molar-refractivity contribution in [3.8, 4) is 0 Å². The largest absolute Gasteiger partial charge is 0.304 e. The van der Waals surface area contributed by atoms with Crippen molar-refractivity contribution in [1.29, 1.82) is 0 Å². The molecule has 0 spiro atoms. The summed E-state index contributed by atoms with van der Waals surface area (Å²) in [5.74, 6) is 0. The summed E-state index contributed by atoms with van der Waals surface area (Å²) in [4.78, 5) is 7.46. The van der Waals surface area contributed by atoms with Crippen molar-refractivity contribution in [3.63, 3.8) is 0 Å². The second-order valence-corrected chi connectivity index (χ2v) is 5.43. The van der Waals surface area contributed by atoms with Crippen LogP contribution in [0.25, 0.3) is 0 Å². The van der Waals surface area contributed by atoms with E-state index < -0.39 is 0 Å². The van der Waals surface area contributed by atoms with E-state index >= 15 is 0 Å². The van der Waals surface area contributed by atoms with Gasteiger partial charge in [-0.15, -0.1) is 0 Å². The Morgan fingerprint density at radius 1 is 1.06 bits per heavy atom. The molecule has 1 saturated heterocycles. The van der Waals surface area contributed by atoms with E-state index in [9.17, 15) is 0 Å². The second-order valence-electron chi connectivity index (χ2n) is 5.43. The van der Waals surface area contributed by atoms with Crippen LogP contribution in [0.2, 0.25) is 0 Å². The maximum Gasteiger partial charge on any atom is 0.0110 e. The van der Waals surface area contributed by atoms with Crippen molar-refractivity contribution in [1.82, 2.24) is 14.7 Å². The first-order chi connectivity index (χ1) is 7.59. The summed E-state index contributed by atoms with van der Waals surface area (Å²) in [6.07, 6.45) is 2.68. The maximum atomic E-state index is 2.61. The predicted octanol–water partition coefficient (Wildman–Crippen LogP) is 1.35. The Labute approximate surface area is 101 Å². The van der Waals surface area contributed by atoms with Crippen molar-refractivity contribution in [2.45, 2.75) is 32.7 Å². The predicted molar refractivity (Wildman–Crippen MR) is 70.9 cm³/mol. The molecular weight excluding hydrogens is 198 g/mol. The van der Waals surface area contributed by atoms with E-state index in [1.165, 1.54) is 52.1 Å². The van der Waals surface area contributed by atoms with Gasteiger partial charge in [-0.05, 0) is 53.9 Å². The van der Waals surface area contributed by atoms with Gasteiger partial charge in [0.15, 0.2) is 0 Å². The number of unbranched alkanes of at least 4 members (excludes halogenated alkanes) is 1. The fourth-order valence-electron chi connectivity index (χ4n) is 2.03. The molecule has 0 aromatic heterocycles. The van der Waals surface area contributed by atoms with Gasteiger partial charge in [-0.3, -0.25) is 0 Å². The SMILES string of the molecule is CC(C)N(C)CCCCN1CCN(C)CC1. The highest BCUT2D eigenvalue weighted by Gasteiger charge is 2.12. The molecular formula is C13H29N3. The lowest BCUT2D eigenvalue weighted by Gasteiger charge is -2.32. The van der Waals surface area contributed by atoms with Gasteiger partial charge < -0.3 is 14.7 Å². The zero-order valence-electron chi connectivity index (χ0n) is 11.6. The Morgan fingerprint density at radius 2 is 1.69 bits per heavy atom. The average Bonchev–Trinajstić information content (AvgIpc) is 2.26. The third kappa shape index (κ3) is 5.28. The van der Waals surface area contributed by atoms with Crippen LogP contribution in [0.1, 0.15) is 26.7 Å². The van der Waals surface area contributed by atoms with Crippen LogP contribution in [0.15, 0.2) is 0 Å². The summed E-state index contributed by atoms with van der Waals surface area (Å²) in [6.45, 7) is 12.1. The first-order valence-corrected chi connectivity index (χ1v) is 6.70. The second kappa shape index (κ2) is 7.25. The van der Waals surface area contributed by atoms with E-state index in [-0.39, 0.29) is 0 Å². The standard InChI is InChI=1S/C13H29N3/c1-13(2)15(4)7-5-6-8-16-11-9-14(3)10-12-16/h13H,5-12H2,1-4H3. The highest BCUT2D eigenvalue weighted by atomic mass is 15.2. The van der Waals surface area contributed by atoms with Gasteiger partial charge in [0.2, 0.25) is 0 Å². The fourth-order valence-corrected chi connectivity index (χ4v) is 2.03. The topological polar surface area (TPSA) is 9.72 Å². The molecule has 0 radical (unpaired) electrons. The van der Waals surface area contributed by atoms with Crippen molar-refractivity contribution >= 4 is 0 Å². The normalized spacial score (nSPS) is 19.9. The molecule has 1 fully saturated rings. The van der Waals surface area contributed by atoms with E-state index in [0.717, 1.165) is 0 Å². The molecule has 0 saturated carbocycles. The lowest BCUT2D eigenvalue weighted by molar-refractivity contribution is 0.150. The summed E-state index contributed by atoms with van der Waals surface area (Å²) >= 11 is 0. The third-order valence-electron chi connectivity index (χ3n) is 3.71. The Hall–Kier alpha value is -0.120. The van der Waals surface area contributed by atoms with Gasteiger partial charge in [-0.1, -0.05) is 0 Å². The summed E-state index contributed by atoms with van der Waals surface area (Å²) in [7, 11) is 4.44. The molecule has 96 valence electrons. The fraction of sp³-hybridized carbons (Fsp3) is 1.00. The van der Waals surface area contributed by atoms with Gasteiger partial charge in [0.1, 0.15) is 0 Å². The van der Waals surface area contributed by atoms with Gasteiger partial charge in [-0.25, -0.2) is 0 Å². The molecule has 1 aliphatic rings. The van der Waals surface area contributed by atoms with Crippen LogP contribution in [-0.2, 0) is 0 Å². The van der Waals surface area contributed by atoms with E-state index in [1.807, 2.05) is 0 Å². The van der Waals surface area contributed by atoms with Gasteiger partial charge in [0.25, 0.3) is 0 Å². The molecule has 3 nitrogen and oxygen atoms in total. The first kappa shape index (κ1) is 13.9. The van der Waals surface area contributed by atoms with E-state index in [0.29, 0.717) is 6.04 Å². The molecule has 0 bridgehead atoms. The summed E-state index contributed by atoms with van der Waals surface area (Å²) < 4.78 is 0. The number of likely N-dealkylation sites (N-methyl/N-ethyl adjacent to an activating group) is 1. The van der Waals surface area contributed by atoms with E-state index in [2.05, 4.69) is 42.6 Å². The number of hydrogen-bond acceptors (Lipinski definition) is 3. The van der Waals surface area contributed by atoms with Crippen molar-refractivity contribution < 1.29 is 0 Å². The number of nitrogens with zero attached hydrogens (tertiary/aromatic N) is 3. The van der Waals surface area contributed by atoms with Gasteiger partial charge in [0.05, 0.1) is 0 Å². The first-order valence-electron chi connectivity index (χ1n) is 6.70. The van der Waals surface area contributed by atoms with Crippen LogP contribution in [0, 0.1) is 0 Å². The highest BCUT2D eigenvalue weighted by molar-refractivity contribution is 4.69. The Balaban J connectivity index is 1.99. The minimum atomic E-state index is 0.684. The molecule has 0 unspecified atom stereocenters. The number of rotatable bonds is 6. The minimum absolute atomic E-state index is 0.684. The number of piperazine rings is 1. The Morgan fingerprint density at radius 3 is 2.25 bits per heavy atom. The molecule has 0 aliphatic carbocycles. The Bertz CT molecular complexity index is 174. The van der Waals surface area contributed by atoms with Gasteiger partial charge >= 0.3 is 0 Å². The lowest BCUT2D eigenvalue weighted by atomic mass is 10.2. The molecule has 0 N–H and O–H groups in total. The van der Waals surface area contributed by atoms with Crippen LogP contribution >= 0.6 is 0 Å². The van der Waals surface area contributed by atoms with Crippen LogP contribution in [0.5, 0.6) is 0 Å². The van der Waals surface area contributed by atoms with Crippen LogP contribution in [-0.4, -0.2) is 74.1 Å². The van der Waals surface area contributed by atoms with E-state index in [4.69, 9.17) is 0 Å². The summed E-state index contributed by atoms with van der Waals surface area (Å²) in [6, 6.07) is 0.684. The zero-order chi connectivity index (χ0) is 12.0. The number of hydrogen-bond donors (Lipinski definition) is 0. The molecule has 1 heterocycles. The lowest BCUT2D eigenvalue weighted by Crippen LogP contribution is -2.44. The molecule has 0 aromatic rings. The molecule has 3 heteroatoms. The highest BCUT2D eigenvalue weighted by Crippen LogP contribution is 2.03. The molecule has 16 heavy (non-hydrogen) atoms. The molecule has 0 aromatic carbocycles. The minimum Gasteiger partial charge on any atom is -0.304 e. The van der Waals surface area contributed by atoms with Crippen molar-refractivity contribution in [2.75, 3.05) is 53.4 Å². The quantitative estimate of drug-likeness (QED) is 0.634. The van der Waals surface area contributed by atoms with Crippen LogP contribution in [0.4, 0.5) is 0 Å². The smallest absolute Gasteiger partial charge is 0.0110 e. The monoisotopic (exact) mass is 227 g/mol. The van der Waals surface area contributed by atoms with Crippen LogP contribution < -0.4 is 0 Å². The third-order valence-corrected chi connectivity index (χ3v) is 3.71. The van der Waals surface area contributed by atoms with Crippen molar-refractivity contribution in [3.05, 3.63) is 0 Å². The Kier molecular flexibility index (Phi) is 6.32. The molecule has 0 atom stereocenters. The summed E-state index contributed by atoms with van der Waals surface area (Å²) in [5.41, 5.74) is 0. The van der Waals surface area contributed by atoms with Gasteiger partial charge in [-0.2, -0.15) is 0 Å². The molecule has 0 amide bonds. The summed E-state index contributed by atoms with van der Waals surface area (Å²) in [5, 5.41) is 0. The molecule has 1 aliphatic heterocycles. The van der Waals surface area contributed by atoms with Crippen LogP contribution in [0.3, 0.4) is 0 Å². The van der Waals surface area contributed by atoms with Crippen molar-refractivity contribution in [2.24, 2.45) is 0 Å².